The summed E-state index contributed by atoms with van der Waals surface area (Å²) < 4.78 is 0. The molecule has 2 heterocycles. The number of nitrogens with one attached hydrogen (secondary N) is 2. The van der Waals surface area contributed by atoms with Crippen molar-refractivity contribution in [1.29, 1.82) is 0 Å². The Morgan fingerprint density at radius 2 is 1.87 bits per heavy atom. The molecule has 1 aliphatic rings. The molecule has 0 radical (unpaired) electrons. The predicted octanol–water partition coefficient (Wildman–Crippen LogP) is 3.10. The Morgan fingerprint density at radius 1 is 1.13 bits per heavy atom. The fourth-order valence-corrected chi connectivity index (χ4v) is 3.84. The summed E-state index contributed by atoms with van der Waals surface area (Å²) in [7, 11) is 3.92. The number of rotatable bonds is 8. The summed E-state index contributed by atoms with van der Waals surface area (Å²) in [4.78, 5) is 21.2. The molecule has 0 bridgehead atoms. The Hall–Kier alpha value is -2.64. The topological polar surface area (TPSA) is 80.7 Å². The number of carbonyl (C=O) groups excluding carboxylic acids is 1. The summed E-state index contributed by atoms with van der Waals surface area (Å²) in [6.45, 7) is 3.09. The molecular formula is C23H33N5O2. The number of aliphatic hydroxyl groups is 1. The molecule has 3 rings (SSSR count). The lowest BCUT2D eigenvalue weighted by Crippen LogP contribution is -2.39. The molecule has 1 aliphatic heterocycles. The standard InChI is InChI=1S/C23H33N5O2/c1-27(2)17-19(22(29)18-9-5-3-6-10-18)15-25-23(30)26-20-11-12-21(24-16-20)28-13-7-4-8-14-28/h3,5-6,9-12,16,19,22,29H,4,7-8,13-15,17H2,1-2H3,(H2,25,26,30)/t19-,22-/m0/s1. The molecule has 7 nitrogen and oxygen atoms in total. The lowest BCUT2D eigenvalue weighted by atomic mass is 9.95. The number of amides is 2. The van der Waals surface area contributed by atoms with Gasteiger partial charge < -0.3 is 25.5 Å². The number of anilines is 2. The van der Waals surface area contributed by atoms with E-state index in [-0.39, 0.29) is 11.9 Å². The van der Waals surface area contributed by atoms with Gasteiger partial charge in [0.1, 0.15) is 5.82 Å². The van der Waals surface area contributed by atoms with Gasteiger partial charge in [-0.2, -0.15) is 0 Å². The van der Waals surface area contributed by atoms with E-state index in [4.69, 9.17) is 0 Å². The van der Waals surface area contributed by atoms with Gasteiger partial charge in [-0.1, -0.05) is 30.3 Å². The van der Waals surface area contributed by atoms with Gasteiger partial charge in [-0.3, -0.25) is 0 Å². The Labute approximate surface area is 179 Å². The van der Waals surface area contributed by atoms with Crippen LogP contribution in [0.5, 0.6) is 0 Å². The van der Waals surface area contributed by atoms with E-state index in [2.05, 4.69) is 20.5 Å². The number of carbonyl (C=O) groups is 1. The molecule has 0 aliphatic carbocycles. The summed E-state index contributed by atoms with van der Waals surface area (Å²) in [5.74, 6) is 0.824. The van der Waals surface area contributed by atoms with Crippen LogP contribution in [0.1, 0.15) is 30.9 Å². The fraction of sp³-hybridized carbons (Fsp3) is 0.478. The third-order valence-electron chi connectivity index (χ3n) is 5.40. The molecule has 0 unspecified atom stereocenters. The third-order valence-corrected chi connectivity index (χ3v) is 5.40. The number of nitrogens with zero attached hydrogens (tertiary/aromatic N) is 3. The summed E-state index contributed by atoms with van der Waals surface area (Å²) in [6, 6.07) is 13.1. The zero-order valence-corrected chi connectivity index (χ0v) is 17.9. The molecular weight excluding hydrogens is 378 g/mol. The predicted molar refractivity (Wildman–Crippen MR) is 121 cm³/mol. The van der Waals surface area contributed by atoms with Gasteiger partial charge in [0.15, 0.2) is 0 Å². The average molecular weight is 412 g/mol. The van der Waals surface area contributed by atoms with Crippen LogP contribution in [0.3, 0.4) is 0 Å². The van der Waals surface area contributed by atoms with Crippen molar-refractivity contribution >= 4 is 17.5 Å². The van der Waals surface area contributed by atoms with E-state index in [0.29, 0.717) is 18.8 Å². The van der Waals surface area contributed by atoms with E-state index >= 15 is 0 Å². The number of piperidine rings is 1. The molecule has 2 amide bonds. The van der Waals surface area contributed by atoms with Crippen molar-refractivity contribution in [2.45, 2.75) is 25.4 Å². The quantitative estimate of drug-likeness (QED) is 0.622. The minimum Gasteiger partial charge on any atom is -0.388 e. The lowest BCUT2D eigenvalue weighted by molar-refractivity contribution is 0.0911. The molecule has 1 saturated heterocycles. The van der Waals surface area contributed by atoms with Crippen LogP contribution in [0.4, 0.5) is 16.3 Å². The molecule has 2 atom stereocenters. The number of urea groups is 1. The maximum absolute atomic E-state index is 12.4. The smallest absolute Gasteiger partial charge is 0.319 e. The Balaban J connectivity index is 1.53. The highest BCUT2D eigenvalue weighted by molar-refractivity contribution is 5.89. The number of hydrogen-bond acceptors (Lipinski definition) is 5. The van der Waals surface area contributed by atoms with Gasteiger partial charge in [0, 0.05) is 32.1 Å². The lowest BCUT2D eigenvalue weighted by Gasteiger charge is -2.27. The van der Waals surface area contributed by atoms with Gasteiger partial charge in [0.2, 0.25) is 0 Å². The van der Waals surface area contributed by atoms with Crippen molar-refractivity contribution < 1.29 is 9.90 Å². The molecule has 3 N–H and O–H groups in total. The highest BCUT2D eigenvalue weighted by Gasteiger charge is 2.22. The van der Waals surface area contributed by atoms with Gasteiger partial charge in [-0.05, 0) is 51.1 Å². The van der Waals surface area contributed by atoms with Crippen LogP contribution in [-0.4, -0.2) is 61.3 Å². The average Bonchev–Trinajstić information content (AvgIpc) is 2.77. The maximum atomic E-state index is 12.4. The minimum atomic E-state index is -0.653. The van der Waals surface area contributed by atoms with Crippen LogP contribution in [0.2, 0.25) is 0 Å². The summed E-state index contributed by atoms with van der Waals surface area (Å²) >= 11 is 0. The van der Waals surface area contributed by atoms with Gasteiger partial charge >= 0.3 is 6.03 Å². The molecule has 2 aromatic rings. The van der Waals surface area contributed by atoms with Crippen LogP contribution in [0, 0.1) is 5.92 Å². The van der Waals surface area contributed by atoms with Crippen LogP contribution in [0.25, 0.3) is 0 Å². The maximum Gasteiger partial charge on any atom is 0.319 e. The zero-order valence-electron chi connectivity index (χ0n) is 17.9. The largest absolute Gasteiger partial charge is 0.388 e. The third kappa shape index (κ3) is 6.43. The summed E-state index contributed by atoms with van der Waals surface area (Å²) in [5, 5.41) is 16.5. The van der Waals surface area contributed by atoms with Crippen LogP contribution in [0.15, 0.2) is 48.7 Å². The van der Waals surface area contributed by atoms with Crippen molar-refractivity contribution in [2.75, 3.05) is 50.5 Å². The number of hydrogen-bond donors (Lipinski definition) is 3. The van der Waals surface area contributed by atoms with E-state index < -0.39 is 6.10 Å². The number of aromatic nitrogens is 1. The van der Waals surface area contributed by atoms with E-state index in [1.54, 1.807) is 6.20 Å². The first kappa shape index (κ1) is 22.1. The van der Waals surface area contributed by atoms with Crippen LogP contribution in [-0.2, 0) is 0 Å². The molecule has 1 aromatic carbocycles. The number of aliphatic hydroxyl groups excluding tert-OH is 1. The highest BCUT2D eigenvalue weighted by atomic mass is 16.3. The molecule has 1 fully saturated rings. The van der Waals surface area contributed by atoms with Gasteiger partial charge in [0.05, 0.1) is 18.0 Å². The highest BCUT2D eigenvalue weighted by Crippen LogP contribution is 2.22. The van der Waals surface area contributed by atoms with Crippen LogP contribution >= 0.6 is 0 Å². The van der Waals surface area contributed by atoms with Gasteiger partial charge in [-0.25, -0.2) is 9.78 Å². The molecule has 0 saturated carbocycles. The fourth-order valence-electron chi connectivity index (χ4n) is 3.84. The van der Waals surface area contributed by atoms with Gasteiger partial charge in [0.25, 0.3) is 0 Å². The molecule has 1 aromatic heterocycles. The summed E-state index contributed by atoms with van der Waals surface area (Å²) in [5.41, 5.74) is 1.50. The van der Waals surface area contributed by atoms with E-state index in [0.717, 1.165) is 24.5 Å². The van der Waals surface area contributed by atoms with E-state index in [9.17, 15) is 9.90 Å². The van der Waals surface area contributed by atoms with Crippen molar-refractivity contribution in [3.63, 3.8) is 0 Å². The second kappa shape index (κ2) is 10.9. The normalized spacial score (nSPS) is 16.2. The Morgan fingerprint density at radius 3 is 2.50 bits per heavy atom. The van der Waals surface area contributed by atoms with Crippen LogP contribution < -0.4 is 15.5 Å². The molecule has 7 heteroatoms. The Bertz CT molecular complexity index is 776. The first-order chi connectivity index (χ1) is 14.5. The van der Waals surface area contributed by atoms with E-state index in [1.165, 1.54) is 19.3 Å². The first-order valence-electron chi connectivity index (χ1n) is 10.7. The summed E-state index contributed by atoms with van der Waals surface area (Å²) in [6.07, 6.45) is 4.73. The zero-order chi connectivity index (χ0) is 21.3. The molecule has 0 spiro atoms. The monoisotopic (exact) mass is 411 g/mol. The molecule has 30 heavy (non-hydrogen) atoms. The van der Waals surface area contributed by atoms with Gasteiger partial charge in [-0.15, -0.1) is 0 Å². The van der Waals surface area contributed by atoms with E-state index in [1.807, 2.05) is 61.5 Å². The number of pyridine rings is 1. The minimum absolute atomic E-state index is 0.132. The number of benzene rings is 1. The first-order valence-corrected chi connectivity index (χ1v) is 10.7. The second-order valence-electron chi connectivity index (χ2n) is 8.17. The SMILES string of the molecule is CN(C)C[C@H](CNC(=O)Nc1ccc(N2CCCCC2)nc1)[C@@H](O)c1ccccc1. The van der Waals surface area contributed by atoms with Crippen molar-refractivity contribution in [2.24, 2.45) is 5.92 Å². The van der Waals surface area contributed by atoms with Crippen molar-refractivity contribution in [1.82, 2.24) is 15.2 Å². The molecule has 162 valence electrons. The van der Waals surface area contributed by atoms with Crippen molar-refractivity contribution in [3.05, 3.63) is 54.2 Å². The Kier molecular flexibility index (Phi) is 8.04. The van der Waals surface area contributed by atoms with Crippen molar-refractivity contribution in [3.8, 4) is 0 Å². The second-order valence-corrected chi connectivity index (χ2v) is 8.17.